The van der Waals surface area contributed by atoms with Crippen LogP contribution in [-0.4, -0.2) is 40.0 Å². The smallest absolute Gasteiger partial charge is 0.330 e. The van der Waals surface area contributed by atoms with Crippen LogP contribution in [0.3, 0.4) is 0 Å². The molecule has 7 heteroatoms. The van der Waals surface area contributed by atoms with Crippen molar-refractivity contribution in [3.05, 3.63) is 0 Å². The fourth-order valence-electron chi connectivity index (χ4n) is 0.733. The Kier molecular flexibility index (Phi) is 4.08. The van der Waals surface area contributed by atoms with E-state index in [-0.39, 0.29) is 0 Å². The molecule has 0 rings (SSSR count). The molecule has 2 atom stereocenters. The Morgan fingerprint density at radius 2 is 1.93 bits per heavy atom. The van der Waals surface area contributed by atoms with Gasteiger partial charge in [-0.05, 0) is 6.92 Å². The molecule has 0 saturated heterocycles. The number of aliphatic hydroxyl groups excluding tert-OH is 1. The van der Waals surface area contributed by atoms with E-state index in [1.807, 2.05) is 0 Å². The average molecular weight is 211 g/mol. The molecule has 0 aliphatic heterocycles. The number of halogens is 2. The molecule has 0 fully saturated rings. The van der Waals surface area contributed by atoms with Gasteiger partial charge in [0.25, 0.3) is 0 Å². The predicted molar refractivity (Wildman–Crippen MR) is 41.9 cm³/mol. The van der Waals surface area contributed by atoms with Crippen molar-refractivity contribution in [3.8, 4) is 0 Å². The molecular weight excluding hydrogens is 200 g/mol. The number of aliphatic carboxylic acids is 1. The zero-order chi connectivity index (χ0) is 11.5. The summed E-state index contributed by atoms with van der Waals surface area (Å²) < 4.78 is 25.7. The number of carbonyl (C=O) groups excluding carboxylic acids is 1. The van der Waals surface area contributed by atoms with Crippen LogP contribution in [-0.2, 0) is 9.59 Å². The second-order valence-electron chi connectivity index (χ2n) is 2.92. The summed E-state index contributed by atoms with van der Waals surface area (Å²) >= 11 is 0. The largest absolute Gasteiger partial charge is 0.480 e. The first-order chi connectivity index (χ1) is 6.19. The van der Waals surface area contributed by atoms with Gasteiger partial charge in [-0.15, -0.1) is 0 Å². The number of alkyl halides is 2. The van der Waals surface area contributed by atoms with Crippen molar-refractivity contribution in [3.63, 3.8) is 0 Å². The van der Waals surface area contributed by atoms with Gasteiger partial charge in [-0.1, -0.05) is 0 Å². The van der Waals surface area contributed by atoms with Crippen LogP contribution in [0.4, 0.5) is 8.78 Å². The number of nitrogens with two attached hydrogens (primary N) is 1. The van der Waals surface area contributed by atoms with Gasteiger partial charge in [0.2, 0.25) is 5.78 Å². The first-order valence-electron chi connectivity index (χ1n) is 3.77. The molecule has 0 aliphatic carbocycles. The van der Waals surface area contributed by atoms with Crippen molar-refractivity contribution in [2.45, 2.75) is 31.4 Å². The molecule has 0 aromatic heterocycles. The number of ketones is 1. The molecular formula is C7H11F2NO4. The number of carboxylic acid groups (broad SMARTS) is 1. The first-order valence-corrected chi connectivity index (χ1v) is 3.77. The second kappa shape index (κ2) is 4.43. The summed E-state index contributed by atoms with van der Waals surface area (Å²) in [4.78, 5) is 20.9. The van der Waals surface area contributed by atoms with Crippen LogP contribution >= 0.6 is 0 Å². The Balaban J connectivity index is 4.60. The lowest BCUT2D eigenvalue weighted by Gasteiger charge is -2.19. The molecule has 5 nitrogen and oxygen atoms in total. The van der Waals surface area contributed by atoms with Crippen molar-refractivity contribution >= 4 is 11.8 Å². The minimum absolute atomic E-state index is 0.825. The number of Topliss-reactive ketones (excluding diaryl/α,β-unsaturated/α-hetero) is 1. The summed E-state index contributed by atoms with van der Waals surface area (Å²) in [6.45, 7) is 1.14. The standard InChI is InChI=1S/C7H11F2NO4/c1-3(11)2-4(12)7(8,9)5(10)6(13)14/h3,5,11H,2,10H2,1H3,(H,13,14). The van der Waals surface area contributed by atoms with Crippen LogP contribution in [0.25, 0.3) is 0 Å². The van der Waals surface area contributed by atoms with E-state index in [0.29, 0.717) is 0 Å². The minimum Gasteiger partial charge on any atom is -0.480 e. The van der Waals surface area contributed by atoms with E-state index in [1.165, 1.54) is 0 Å². The molecule has 0 aromatic carbocycles. The predicted octanol–water partition coefficient (Wildman–Crippen LogP) is -0.626. The summed E-state index contributed by atoms with van der Waals surface area (Å²) in [6.07, 6.45) is -2.08. The molecule has 0 aliphatic rings. The van der Waals surface area contributed by atoms with Gasteiger partial charge in [0.05, 0.1) is 6.10 Å². The topological polar surface area (TPSA) is 101 Å². The summed E-state index contributed by atoms with van der Waals surface area (Å²) in [5.41, 5.74) is 4.62. The Hall–Kier alpha value is -1.08. The average Bonchev–Trinajstić information content (AvgIpc) is 2.01. The van der Waals surface area contributed by atoms with E-state index in [1.54, 1.807) is 0 Å². The van der Waals surface area contributed by atoms with Crippen molar-refractivity contribution in [1.29, 1.82) is 0 Å². The third-order valence-corrected chi connectivity index (χ3v) is 1.51. The van der Waals surface area contributed by atoms with Gasteiger partial charge >= 0.3 is 11.9 Å². The maximum absolute atomic E-state index is 12.9. The van der Waals surface area contributed by atoms with Crippen LogP contribution in [0, 0.1) is 0 Å². The highest BCUT2D eigenvalue weighted by molar-refractivity contribution is 5.92. The highest BCUT2D eigenvalue weighted by atomic mass is 19.3. The number of hydrogen-bond donors (Lipinski definition) is 3. The second-order valence-corrected chi connectivity index (χ2v) is 2.92. The molecule has 4 N–H and O–H groups in total. The lowest BCUT2D eigenvalue weighted by molar-refractivity contribution is -0.160. The van der Waals surface area contributed by atoms with E-state index >= 15 is 0 Å². The van der Waals surface area contributed by atoms with Crippen LogP contribution < -0.4 is 5.73 Å². The maximum Gasteiger partial charge on any atom is 0.330 e. The summed E-state index contributed by atoms with van der Waals surface area (Å²) in [5.74, 6) is -7.79. The normalized spacial score (nSPS) is 16.1. The third kappa shape index (κ3) is 3.00. The van der Waals surface area contributed by atoms with E-state index in [0.717, 1.165) is 6.92 Å². The Morgan fingerprint density at radius 1 is 1.50 bits per heavy atom. The molecule has 2 unspecified atom stereocenters. The Labute approximate surface area is 78.5 Å². The van der Waals surface area contributed by atoms with Crippen molar-refractivity contribution in [2.75, 3.05) is 0 Å². The van der Waals surface area contributed by atoms with E-state index in [2.05, 4.69) is 5.73 Å². The number of aliphatic hydroxyl groups is 1. The summed E-state index contributed by atoms with van der Waals surface area (Å²) in [7, 11) is 0. The van der Waals surface area contributed by atoms with Crippen LogP contribution in [0.1, 0.15) is 13.3 Å². The van der Waals surface area contributed by atoms with E-state index in [9.17, 15) is 18.4 Å². The SMILES string of the molecule is CC(O)CC(=O)C(F)(F)C(N)C(=O)O. The summed E-state index contributed by atoms with van der Waals surface area (Å²) in [6, 6.07) is -2.58. The molecule has 0 saturated carbocycles. The molecule has 0 spiro atoms. The van der Waals surface area contributed by atoms with Crippen LogP contribution in [0.2, 0.25) is 0 Å². The van der Waals surface area contributed by atoms with E-state index < -0.39 is 36.2 Å². The quantitative estimate of drug-likeness (QED) is 0.562. The van der Waals surface area contributed by atoms with Gasteiger partial charge < -0.3 is 15.9 Å². The number of carbonyl (C=O) groups is 2. The lowest BCUT2D eigenvalue weighted by atomic mass is 10.0. The molecule has 0 amide bonds. The summed E-state index contributed by atoms with van der Waals surface area (Å²) in [5, 5.41) is 16.8. The molecule has 82 valence electrons. The zero-order valence-corrected chi connectivity index (χ0v) is 7.41. The van der Waals surface area contributed by atoms with Crippen molar-refractivity contribution < 1.29 is 28.6 Å². The lowest BCUT2D eigenvalue weighted by Crippen LogP contribution is -2.52. The molecule has 0 bridgehead atoms. The number of carboxylic acids is 1. The van der Waals surface area contributed by atoms with Gasteiger partial charge in [-0.2, -0.15) is 8.78 Å². The van der Waals surface area contributed by atoms with Gasteiger partial charge in [-0.25, -0.2) is 0 Å². The van der Waals surface area contributed by atoms with Crippen LogP contribution in [0.5, 0.6) is 0 Å². The van der Waals surface area contributed by atoms with Crippen molar-refractivity contribution in [1.82, 2.24) is 0 Å². The first kappa shape index (κ1) is 12.9. The molecule has 14 heavy (non-hydrogen) atoms. The van der Waals surface area contributed by atoms with E-state index in [4.69, 9.17) is 10.2 Å². The molecule has 0 aromatic rings. The monoisotopic (exact) mass is 211 g/mol. The zero-order valence-electron chi connectivity index (χ0n) is 7.41. The minimum atomic E-state index is -4.15. The fourth-order valence-corrected chi connectivity index (χ4v) is 0.733. The molecule has 0 heterocycles. The highest BCUT2D eigenvalue weighted by Gasteiger charge is 2.48. The number of hydrogen-bond acceptors (Lipinski definition) is 4. The third-order valence-electron chi connectivity index (χ3n) is 1.51. The van der Waals surface area contributed by atoms with Gasteiger partial charge in [0.15, 0.2) is 6.04 Å². The molecule has 0 radical (unpaired) electrons. The fraction of sp³-hybridized carbons (Fsp3) is 0.714. The van der Waals surface area contributed by atoms with Crippen LogP contribution in [0.15, 0.2) is 0 Å². The van der Waals surface area contributed by atoms with Gasteiger partial charge in [-0.3, -0.25) is 9.59 Å². The Morgan fingerprint density at radius 3 is 2.21 bits per heavy atom. The number of rotatable bonds is 5. The Bertz CT molecular complexity index is 242. The highest BCUT2D eigenvalue weighted by Crippen LogP contribution is 2.21. The van der Waals surface area contributed by atoms with Gasteiger partial charge in [0.1, 0.15) is 0 Å². The van der Waals surface area contributed by atoms with Crippen molar-refractivity contribution in [2.24, 2.45) is 5.73 Å². The van der Waals surface area contributed by atoms with Gasteiger partial charge in [0, 0.05) is 6.42 Å². The maximum atomic E-state index is 12.9.